The molecule has 2 aromatic heterocycles. The van der Waals surface area contributed by atoms with Crippen LogP contribution in [-0.2, 0) is 4.79 Å². The summed E-state index contributed by atoms with van der Waals surface area (Å²) >= 11 is 0. The van der Waals surface area contributed by atoms with Gasteiger partial charge in [0.1, 0.15) is 11.7 Å². The molecular weight excluding hydrogens is 274 g/mol. The number of carbonyl (C=O) groups excluding carboxylic acids is 1. The van der Waals surface area contributed by atoms with Gasteiger partial charge in [-0.2, -0.15) is 0 Å². The Bertz CT molecular complexity index is 697. The Kier molecular flexibility index (Phi) is 3.13. The van der Waals surface area contributed by atoms with Crippen LogP contribution in [0.1, 0.15) is 23.0 Å². The average molecular weight is 287 g/mol. The van der Waals surface area contributed by atoms with Crippen molar-refractivity contribution in [2.45, 2.75) is 12.5 Å². The van der Waals surface area contributed by atoms with E-state index < -0.39 is 12.0 Å². The molecule has 8 heteroatoms. The van der Waals surface area contributed by atoms with E-state index in [2.05, 4.69) is 15.3 Å². The Morgan fingerprint density at radius 3 is 2.67 bits per heavy atom. The maximum absolute atomic E-state index is 12.1. The number of aromatic carboxylic acids is 1. The molecule has 2 aromatic rings. The molecule has 1 fully saturated rings. The molecule has 1 saturated heterocycles. The lowest BCUT2D eigenvalue weighted by molar-refractivity contribution is -0.129. The van der Waals surface area contributed by atoms with Gasteiger partial charge in [-0.3, -0.25) is 9.78 Å². The van der Waals surface area contributed by atoms with Crippen molar-refractivity contribution in [1.82, 2.24) is 24.9 Å². The number of pyridine rings is 1. The van der Waals surface area contributed by atoms with Crippen LogP contribution in [-0.4, -0.2) is 55.5 Å². The Morgan fingerprint density at radius 1 is 1.38 bits per heavy atom. The summed E-state index contributed by atoms with van der Waals surface area (Å²) in [6.07, 6.45) is 3.69. The third kappa shape index (κ3) is 2.14. The van der Waals surface area contributed by atoms with Gasteiger partial charge in [-0.1, -0.05) is 5.21 Å². The van der Waals surface area contributed by atoms with E-state index in [9.17, 15) is 14.7 Å². The highest BCUT2D eigenvalue weighted by Gasteiger charge is 2.35. The van der Waals surface area contributed by atoms with Crippen LogP contribution >= 0.6 is 0 Å². The minimum atomic E-state index is -1.17. The molecule has 108 valence electrons. The molecule has 1 amide bonds. The largest absolute Gasteiger partial charge is 0.476 e. The van der Waals surface area contributed by atoms with E-state index in [1.807, 2.05) is 0 Å². The van der Waals surface area contributed by atoms with Crippen molar-refractivity contribution in [3.8, 4) is 11.3 Å². The summed E-state index contributed by atoms with van der Waals surface area (Å²) in [5.41, 5.74) is 0.789. The van der Waals surface area contributed by atoms with Crippen molar-refractivity contribution >= 4 is 11.9 Å². The first kappa shape index (κ1) is 13.2. The minimum absolute atomic E-state index is 0.0906. The number of carboxylic acid groups (broad SMARTS) is 1. The van der Waals surface area contributed by atoms with E-state index in [1.165, 1.54) is 4.68 Å². The van der Waals surface area contributed by atoms with Crippen LogP contribution in [0.25, 0.3) is 11.3 Å². The molecule has 0 aliphatic carbocycles. The number of carboxylic acids is 1. The van der Waals surface area contributed by atoms with Gasteiger partial charge < -0.3 is 10.0 Å². The lowest BCUT2D eigenvalue weighted by Crippen LogP contribution is -2.25. The van der Waals surface area contributed by atoms with E-state index in [1.54, 1.807) is 36.5 Å². The summed E-state index contributed by atoms with van der Waals surface area (Å²) in [7, 11) is 1.71. The second kappa shape index (κ2) is 4.97. The van der Waals surface area contributed by atoms with Gasteiger partial charge >= 0.3 is 5.97 Å². The van der Waals surface area contributed by atoms with Crippen LogP contribution in [0.2, 0.25) is 0 Å². The fraction of sp³-hybridized carbons (Fsp3) is 0.308. The third-order valence-electron chi connectivity index (χ3n) is 3.55. The maximum atomic E-state index is 12.1. The molecule has 0 spiro atoms. The topological polar surface area (TPSA) is 101 Å². The van der Waals surface area contributed by atoms with Crippen LogP contribution < -0.4 is 0 Å². The van der Waals surface area contributed by atoms with E-state index in [4.69, 9.17) is 0 Å². The minimum Gasteiger partial charge on any atom is -0.476 e. The first-order valence-corrected chi connectivity index (χ1v) is 6.43. The van der Waals surface area contributed by atoms with Crippen molar-refractivity contribution < 1.29 is 14.7 Å². The van der Waals surface area contributed by atoms with Gasteiger partial charge in [0.15, 0.2) is 5.69 Å². The molecular formula is C13H13N5O3. The third-order valence-corrected chi connectivity index (χ3v) is 3.55. The van der Waals surface area contributed by atoms with Gasteiger partial charge in [-0.05, 0) is 18.6 Å². The van der Waals surface area contributed by atoms with Gasteiger partial charge in [0.05, 0.1) is 0 Å². The first-order chi connectivity index (χ1) is 10.1. The first-order valence-electron chi connectivity index (χ1n) is 6.43. The zero-order valence-corrected chi connectivity index (χ0v) is 11.3. The summed E-state index contributed by atoms with van der Waals surface area (Å²) in [6.45, 7) is 0.613. The van der Waals surface area contributed by atoms with Gasteiger partial charge in [0.25, 0.3) is 0 Å². The molecule has 3 heterocycles. The predicted molar refractivity (Wildman–Crippen MR) is 71.5 cm³/mol. The molecule has 0 saturated carbocycles. The smallest absolute Gasteiger partial charge is 0.358 e. The van der Waals surface area contributed by atoms with Crippen LogP contribution in [0.15, 0.2) is 24.5 Å². The molecule has 1 unspecified atom stereocenters. The van der Waals surface area contributed by atoms with Crippen LogP contribution in [0.4, 0.5) is 0 Å². The zero-order chi connectivity index (χ0) is 15.0. The highest BCUT2D eigenvalue weighted by Crippen LogP contribution is 2.29. The van der Waals surface area contributed by atoms with E-state index in [0.29, 0.717) is 24.2 Å². The van der Waals surface area contributed by atoms with Crippen molar-refractivity contribution in [2.24, 2.45) is 0 Å². The second-order valence-corrected chi connectivity index (χ2v) is 4.84. The van der Waals surface area contributed by atoms with Crippen LogP contribution in [0.3, 0.4) is 0 Å². The number of rotatable bonds is 3. The Labute approximate surface area is 120 Å². The quantitative estimate of drug-likeness (QED) is 0.879. The Morgan fingerprint density at radius 2 is 2.10 bits per heavy atom. The number of likely N-dealkylation sites (N-methyl/N-ethyl adjacent to an activating group) is 1. The number of amides is 1. The molecule has 0 aromatic carbocycles. The molecule has 3 rings (SSSR count). The van der Waals surface area contributed by atoms with Gasteiger partial charge in [-0.15, -0.1) is 5.10 Å². The summed E-state index contributed by atoms with van der Waals surface area (Å²) in [4.78, 5) is 29.0. The summed E-state index contributed by atoms with van der Waals surface area (Å²) in [6, 6.07) is 2.83. The van der Waals surface area contributed by atoms with Crippen LogP contribution in [0, 0.1) is 0 Å². The standard InChI is InChI=1S/C13H13N5O3/c1-17-7-4-9(12(17)19)18-11(8-2-5-14-6-3-8)10(13(20)21)15-16-18/h2-3,5-6,9H,4,7H2,1H3,(H,20,21). The molecule has 1 aliphatic rings. The Balaban J connectivity index is 2.14. The maximum Gasteiger partial charge on any atom is 0.358 e. The number of nitrogens with zero attached hydrogens (tertiary/aromatic N) is 5. The summed E-state index contributed by atoms with van der Waals surface area (Å²) in [5, 5.41) is 16.9. The molecule has 0 bridgehead atoms. The molecule has 0 radical (unpaired) electrons. The average Bonchev–Trinajstić information content (AvgIpc) is 3.05. The fourth-order valence-corrected chi connectivity index (χ4v) is 2.47. The molecule has 1 aliphatic heterocycles. The molecule has 1 atom stereocenters. The fourth-order valence-electron chi connectivity index (χ4n) is 2.47. The van der Waals surface area contributed by atoms with Crippen LogP contribution in [0.5, 0.6) is 0 Å². The zero-order valence-electron chi connectivity index (χ0n) is 11.3. The predicted octanol–water partition coefficient (Wildman–Crippen LogP) is 0.441. The van der Waals surface area contributed by atoms with E-state index in [-0.39, 0.29) is 11.6 Å². The molecule has 21 heavy (non-hydrogen) atoms. The number of hydrogen-bond donors (Lipinski definition) is 1. The van der Waals surface area contributed by atoms with Crippen molar-refractivity contribution in [3.05, 3.63) is 30.2 Å². The van der Waals surface area contributed by atoms with E-state index in [0.717, 1.165) is 0 Å². The monoisotopic (exact) mass is 287 g/mol. The number of carbonyl (C=O) groups is 2. The van der Waals surface area contributed by atoms with Crippen molar-refractivity contribution in [2.75, 3.05) is 13.6 Å². The van der Waals surface area contributed by atoms with Gasteiger partial charge in [0, 0.05) is 31.5 Å². The highest BCUT2D eigenvalue weighted by molar-refractivity contribution is 5.93. The lowest BCUT2D eigenvalue weighted by Gasteiger charge is -2.13. The van der Waals surface area contributed by atoms with Gasteiger partial charge in [-0.25, -0.2) is 9.48 Å². The highest BCUT2D eigenvalue weighted by atomic mass is 16.4. The second-order valence-electron chi connectivity index (χ2n) is 4.84. The normalized spacial score (nSPS) is 18.2. The van der Waals surface area contributed by atoms with Gasteiger partial charge in [0.2, 0.25) is 5.91 Å². The number of hydrogen-bond acceptors (Lipinski definition) is 5. The summed E-state index contributed by atoms with van der Waals surface area (Å²) in [5.74, 6) is -1.26. The SMILES string of the molecule is CN1CCC(n2nnc(C(=O)O)c2-c2ccncc2)C1=O. The lowest BCUT2D eigenvalue weighted by atomic mass is 10.1. The number of likely N-dealkylation sites (tertiary alicyclic amines) is 1. The molecule has 1 N–H and O–H groups in total. The Hall–Kier alpha value is -2.77. The summed E-state index contributed by atoms with van der Waals surface area (Å²) < 4.78 is 1.41. The number of aromatic nitrogens is 4. The molecule has 8 nitrogen and oxygen atoms in total. The van der Waals surface area contributed by atoms with Crippen molar-refractivity contribution in [1.29, 1.82) is 0 Å². The van der Waals surface area contributed by atoms with Crippen molar-refractivity contribution in [3.63, 3.8) is 0 Å². The van der Waals surface area contributed by atoms with E-state index >= 15 is 0 Å².